The molecule has 0 amide bonds. The molecule has 0 atom stereocenters. The van der Waals surface area contributed by atoms with Gasteiger partial charge in [0.25, 0.3) is 0 Å². The quantitative estimate of drug-likeness (QED) is 0.143. The first-order valence-electron chi connectivity index (χ1n) is 21.3. The van der Waals surface area contributed by atoms with E-state index in [0.717, 1.165) is 39.3 Å². The molecule has 9 aromatic carbocycles. The molecule has 292 valence electrons. The average Bonchev–Trinajstić information content (AvgIpc) is 3.96. The normalized spacial score (nSPS) is 12.1. The number of hydrogen-bond donors (Lipinski definition) is 0. The van der Waals surface area contributed by atoms with Gasteiger partial charge in [-0.2, -0.15) is 0 Å². The fourth-order valence-corrected chi connectivity index (χ4v) is 9.49. The van der Waals surface area contributed by atoms with Crippen molar-refractivity contribution in [1.82, 2.24) is 13.7 Å². The van der Waals surface area contributed by atoms with Gasteiger partial charge in [-0.1, -0.05) is 151 Å². The number of fused-ring (bicyclic) bond motifs is 9. The number of para-hydroxylation sites is 4. The molecule has 3 aromatic heterocycles. The van der Waals surface area contributed by atoms with Gasteiger partial charge in [0, 0.05) is 49.4 Å². The molecule has 0 aliphatic carbocycles. The molecular weight excluding hydrogens is 751 g/mol. The number of hydrogen-bond acceptors (Lipinski definition) is 0. The minimum absolute atomic E-state index is 1.16. The van der Waals surface area contributed by atoms with Crippen molar-refractivity contribution in [2.75, 3.05) is 0 Å². The standard InChI is InChI=1S/C59H41N3/c1-40-18-30-45(31-19-40)62-58-36-28-43(22-20-41-24-32-46(33-25-41)60-54-14-6-2-10-48(54)49-11-3-7-15-55(49)60)38-52(58)53-39-44(29-37-59(53)62)23-21-42-26-34-47(35-27-42)61-56-16-8-4-12-50(56)51-13-5-9-17-57(51)61/h2-39H,1H3/b22-20+,23-21+. The lowest BCUT2D eigenvalue weighted by atomic mass is 10.1. The minimum Gasteiger partial charge on any atom is -0.309 e. The van der Waals surface area contributed by atoms with Crippen LogP contribution >= 0.6 is 0 Å². The first-order chi connectivity index (χ1) is 30.6. The van der Waals surface area contributed by atoms with Crippen molar-refractivity contribution in [2.24, 2.45) is 0 Å². The Labute approximate surface area is 360 Å². The Morgan fingerprint density at radius 2 is 0.532 bits per heavy atom. The summed E-state index contributed by atoms with van der Waals surface area (Å²) in [7, 11) is 0. The third-order valence-corrected chi connectivity index (χ3v) is 12.5. The number of benzene rings is 9. The maximum atomic E-state index is 2.39. The van der Waals surface area contributed by atoms with Crippen LogP contribution < -0.4 is 0 Å². The van der Waals surface area contributed by atoms with E-state index < -0.39 is 0 Å². The molecule has 62 heavy (non-hydrogen) atoms. The Balaban J connectivity index is 0.876. The molecule has 0 bridgehead atoms. The molecule has 3 heterocycles. The SMILES string of the molecule is Cc1ccc(-n2c3ccc(/C=C/c4ccc(-n5c6ccccc6c6ccccc65)cc4)cc3c3cc(/C=C/c4ccc(-n5c6ccccc6c6ccccc65)cc4)ccc32)cc1. The topological polar surface area (TPSA) is 14.8 Å². The molecule has 0 aliphatic rings. The summed E-state index contributed by atoms with van der Waals surface area (Å²) in [6, 6.07) is 75.0. The van der Waals surface area contributed by atoms with E-state index in [1.54, 1.807) is 0 Å². The highest BCUT2D eigenvalue weighted by atomic mass is 15.0. The highest BCUT2D eigenvalue weighted by molar-refractivity contribution is 6.12. The van der Waals surface area contributed by atoms with E-state index in [1.807, 2.05) is 0 Å². The Bertz CT molecular complexity index is 3390. The van der Waals surface area contributed by atoms with Crippen molar-refractivity contribution >= 4 is 89.7 Å². The van der Waals surface area contributed by atoms with Gasteiger partial charge in [-0.25, -0.2) is 0 Å². The van der Waals surface area contributed by atoms with Crippen LogP contribution in [0.25, 0.3) is 107 Å². The van der Waals surface area contributed by atoms with Gasteiger partial charge in [0.15, 0.2) is 0 Å². The molecule has 0 unspecified atom stereocenters. The van der Waals surface area contributed by atoms with E-state index in [0.29, 0.717) is 0 Å². The molecular formula is C59H41N3. The first-order valence-corrected chi connectivity index (χ1v) is 21.3. The van der Waals surface area contributed by atoms with E-state index >= 15 is 0 Å². The van der Waals surface area contributed by atoms with E-state index in [1.165, 1.54) is 71.0 Å². The molecule has 0 spiro atoms. The molecule has 0 saturated carbocycles. The van der Waals surface area contributed by atoms with Crippen molar-refractivity contribution < 1.29 is 0 Å². The summed E-state index contributed by atoms with van der Waals surface area (Å²) in [5.74, 6) is 0. The van der Waals surface area contributed by atoms with Gasteiger partial charge in [0.2, 0.25) is 0 Å². The van der Waals surface area contributed by atoms with E-state index in [9.17, 15) is 0 Å². The largest absolute Gasteiger partial charge is 0.309 e. The van der Waals surface area contributed by atoms with Crippen molar-refractivity contribution in [3.05, 3.63) is 234 Å². The lowest BCUT2D eigenvalue weighted by Crippen LogP contribution is -1.93. The molecule has 0 saturated heterocycles. The van der Waals surface area contributed by atoms with Gasteiger partial charge in [-0.05, 0) is 114 Å². The summed E-state index contributed by atoms with van der Waals surface area (Å²) < 4.78 is 7.12. The Morgan fingerprint density at radius 3 is 0.887 bits per heavy atom. The highest BCUT2D eigenvalue weighted by Crippen LogP contribution is 2.36. The second kappa shape index (κ2) is 14.5. The number of rotatable bonds is 7. The molecule has 0 N–H and O–H groups in total. The molecule has 0 radical (unpaired) electrons. The van der Waals surface area contributed by atoms with Gasteiger partial charge in [-0.3, -0.25) is 0 Å². The summed E-state index contributed by atoms with van der Waals surface area (Å²) in [4.78, 5) is 0. The van der Waals surface area contributed by atoms with Gasteiger partial charge < -0.3 is 13.7 Å². The van der Waals surface area contributed by atoms with Crippen molar-refractivity contribution in [1.29, 1.82) is 0 Å². The molecule has 0 fully saturated rings. The highest BCUT2D eigenvalue weighted by Gasteiger charge is 2.15. The number of aromatic nitrogens is 3. The van der Waals surface area contributed by atoms with Gasteiger partial charge >= 0.3 is 0 Å². The van der Waals surface area contributed by atoms with E-state index in [4.69, 9.17) is 0 Å². The third-order valence-electron chi connectivity index (χ3n) is 12.5. The monoisotopic (exact) mass is 791 g/mol. The first kappa shape index (κ1) is 35.8. The predicted octanol–water partition coefficient (Wildman–Crippen LogP) is 15.6. The third kappa shape index (κ3) is 5.97. The average molecular weight is 792 g/mol. The lowest BCUT2D eigenvalue weighted by Gasteiger charge is -2.09. The van der Waals surface area contributed by atoms with Crippen molar-refractivity contribution in [3.8, 4) is 17.1 Å². The molecule has 3 heteroatoms. The van der Waals surface area contributed by atoms with Crippen LogP contribution in [0.2, 0.25) is 0 Å². The zero-order chi connectivity index (χ0) is 41.1. The second-order valence-electron chi connectivity index (χ2n) is 16.3. The van der Waals surface area contributed by atoms with Crippen LogP contribution in [-0.2, 0) is 0 Å². The summed E-state index contributed by atoms with van der Waals surface area (Å²) >= 11 is 0. The Morgan fingerprint density at radius 1 is 0.258 bits per heavy atom. The van der Waals surface area contributed by atoms with Gasteiger partial charge in [-0.15, -0.1) is 0 Å². The van der Waals surface area contributed by atoms with Crippen molar-refractivity contribution in [2.45, 2.75) is 6.92 Å². The predicted molar refractivity (Wildman–Crippen MR) is 265 cm³/mol. The molecule has 0 aliphatic heterocycles. The Kier molecular flexibility index (Phi) is 8.39. The zero-order valence-electron chi connectivity index (χ0n) is 34.3. The zero-order valence-corrected chi connectivity index (χ0v) is 34.3. The van der Waals surface area contributed by atoms with Crippen LogP contribution in [-0.4, -0.2) is 13.7 Å². The summed E-state index contributed by atoms with van der Waals surface area (Å²) in [5.41, 5.74) is 16.6. The minimum atomic E-state index is 1.16. The smallest absolute Gasteiger partial charge is 0.0541 e. The van der Waals surface area contributed by atoms with Crippen LogP contribution in [0.15, 0.2) is 206 Å². The molecule has 12 rings (SSSR count). The van der Waals surface area contributed by atoms with Crippen LogP contribution in [0.4, 0.5) is 0 Å². The van der Waals surface area contributed by atoms with E-state index in [2.05, 4.69) is 251 Å². The fraction of sp³-hybridized carbons (Fsp3) is 0.0169. The van der Waals surface area contributed by atoms with Gasteiger partial charge in [0.05, 0.1) is 33.1 Å². The molecule has 12 aromatic rings. The maximum absolute atomic E-state index is 2.39. The Hall–Kier alpha value is -8.14. The van der Waals surface area contributed by atoms with Crippen LogP contribution in [0.3, 0.4) is 0 Å². The number of nitrogens with zero attached hydrogens (tertiary/aromatic N) is 3. The van der Waals surface area contributed by atoms with Gasteiger partial charge in [0.1, 0.15) is 0 Å². The van der Waals surface area contributed by atoms with Crippen LogP contribution in [0, 0.1) is 6.92 Å². The van der Waals surface area contributed by atoms with Crippen LogP contribution in [0.5, 0.6) is 0 Å². The van der Waals surface area contributed by atoms with Crippen molar-refractivity contribution in [3.63, 3.8) is 0 Å². The lowest BCUT2D eigenvalue weighted by molar-refractivity contribution is 1.17. The molecule has 3 nitrogen and oxygen atoms in total. The fourth-order valence-electron chi connectivity index (χ4n) is 9.49. The maximum Gasteiger partial charge on any atom is 0.0541 e. The second-order valence-corrected chi connectivity index (χ2v) is 16.3. The summed E-state index contributed by atoms with van der Waals surface area (Å²) in [6.07, 6.45) is 8.90. The van der Waals surface area contributed by atoms with Crippen LogP contribution in [0.1, 0.15) is 27.8 Å². The summed E-state index contributed by atoms with van der Waals surface area (Å²) in [5, 5.41) is 7.56. The summed E-state index contributed by atoms with van der Waals surface area (Å²) in [6.45, 7) is 2.14. The number of aryl methyl sites for hydroxylation is 1. The van der Waals surface area contributed by atoms with E-state index in [-0.39, 0.29) is 0 Å².